The largest absolute Gasteiger partial charge is 0.360 e. The molecule has 1 atom stereocenters. The maximum Gasteiger partial charge on any atom is 0.288 e. The van der Waals surface area contributed by atoms with Gasteiger partial charge in [0.1, 0.15) is 0 Å². The molecule has 0 aliphatic carbocycles. The molecule has 2 amide bonds. The van der Waals surface area contributed by atoms with Crippen LogP contribution >= 0.6 is 0 Å². The Morgan fingerprint density at radius 1 is 0.966 bits per heavy atom. The fourth-order valence-corrected chi connectivity index (χ4v) is 4.31. The highest BCUT2D eigenvalue weighted by molar-refractivity contribution is 6.09. The third-order valence-corrected chi connectivity index (χ3v) is 5.99. The van der Waals surface area contributed by atoms with Gasteiger partial charge in [0, 0.05) is 23.4 Å². The van der Waals surface area contributed by atoms with Crippen LogP contribution in [0.5, 0.6) is 0 Å². The number of anilines is 1. The molecule has 0 unspecified atom stereocenters. The van der Waals surface area contributed by atoms with Crippen LogP contribution < -0.4 is 9.80 Å². The van der Waals surface area contributed by atoms with Crippen molar-refractivity contribution in [3.8, 4) is 0 Å². The van der Waals surface area contributed by atoms with Crippen molar-refractivity contribution in [2.75, 3.05) is 37.6 Å². The molecule has 4 rings (SSSR count). The highest BCUT2D eigenvalue weighted by atomic mass is 16.2. The minimum atomic E-state index is -0.226. The second-order valence-electron chi connectivity index (χ2n) is 7.62. The monoisotopic (exact) mass is 392 g/mol. The number of nitrogens with zero attached hydrogens (tertiary/aromatic N) is 2. The van der Waals surface area contributed by atoms with E-state index < -0.39 is 0 Å². The van der Waals surface area contributed by atoms with Gasteiger partial charge in [0.15, 0.2) is 11.8 Å². The van der Waals surface area contributed by atoms with Gasteiger partial charge in [0.05, 0.1) is 32.6 Å². The second-order valence-corrected chi connectivity index (χ2v) is 7.62. The van der Waals surface area contributed by atoms with Gasteiger partial charge in [0.25, 0.3) is 5.91 Å². The molecular weight excluding hydrogens is 366 g/mol. The molecule has 1 N–H and O–H groups in total. The Balaban J connectivity index is 1.37. The summed E-state index contributed by atoms with van der Waals surface area (Å²) in [4.78, 5) is 41.9. The number of hydrogen-bond donors (Lipinski definition) is 1. The van der Waals surface area contributed by atoms with Crippen molar-refractivity contribution in [2.24, 2.45) is 0 Å². The van der Waals surface area contributed by atoms with E-state index in [9.17, 15) is 14.4 Å². The van der Waals surface area contributed by atoms with E-state index in [1.54, 1.807) is 0 Å². The van der Waals surface area contributed by atoms with E-state index in [-0.39, 0.29) is 23.6 Å². The van der Waals surface area contributed by atoms with Crippen LogP contribution in [0.4, 0.5) is 5.69 Å². The Morgan fingerprint density at radius 3 is 2.17 bits per heavy atom. The summed E-state index contributed by atoms with van der Waals surface area (Å²) in [5.41, 5.74) is 2.45. The molecule has 0 spiro atoms. The number of likely N-dealkylation sites (tertiary alicyclic amines) is 1. The topological polar surface area (TPSA) is 62.1 Å². The van der Waals surface area contributed by atoms with Crippen LogP contribution in [0.2, 0.25) is 0 Å². The first-order valence-electron chi connectivity index (χ1n) is 10.2. The first kappa shape index (κ1) is 19.3. The number of rotatable bonds is 5. The Hall–Kier alpha value is -2.99. The number of carbonyl (C=O) groups is 3. The summed E-state index contributed by atoms with van der Waals surface area (Å²) in [6.45, 7) is 5.61. The lowest BCUT2D eigenvalue weighted by Crippen LogP contribution is -3.19. The number of likely N-dealkylation sites (N-methyl/N-ethyl adjacent to an activating group) is 1. The lowest BCUT2D eigenvalue weighted by atomic mass is 10.0. The Kier molecular flexibility index (Phi) is 5.45. The zero-order valence-electron chi connectivity index (χ0n) is 16.6. The van der Waals surface area contributed by atoms with E-state index >= 15 is 0 Å². The smallest absolute Gasteiger partial charge is 0.288 e. The van der Waals surface area contributed by atoms with Gasteiger partial charge in [-0.1, -0.05) is 30.3 Å². The number of imide groups is 1. The maximum absolute atomic E-state index is 12.6. The number of piperazine rings is 1. The van der Waals surface area contributed by atoms with Gasteiger partial charge >= 0.3 is 0 Å². The van der Waals surface area contributed by atoms with Gasteiger partial charge in [-0.05, 0) is 31.2 Å². The summed E-state index contributed by atoms with van der Waals surface area (Å²) >= 11 is 0. The number of nitrogens with one attached hydrogen (secondary N) is 1. The number of benzene rings is 2. The molecule has 2 fully saturated rings. The van der Waals surface area contributed by atoms with Gasteiger partial charge < -0.3 is 9.80 Å². The molecular formula is C23H26N3O3+. The van der Waals surface area contributed by atoms with Crippen LogP contribution in [0, 0.1) is 0 Å². The van der Waals surface area contributed by atoms with E-state index in [0.717, 1.165) is 31.9 Å². The highest BCUT2D eigenvalue weighted by Crippen LogP contribution is 2.18. The van der Waals surface area contributed by atoms with Crippen LogP contribution in [0.15, 0.2) is 54.6 Å². The summed E-state index contributed by atoms with van der Waals surface area (Å²) in [6.07, 6.45) is 0.332. The zero-order chi connectivity index (χ0) is 20.4. The molecule has 150 valence electrons. The van der Waals surface area contributed by atoms with Crippen LogP contribution in [0.25, 0.3) is 0 Å². The first-order chi connectivity index (χ1) is 14.1. The first-order valence-corrected chi connectivity index (χ1v) is 10.2. The van der Waals surface area contributed by atoms with Crippen LogP contribution in [0.3, 0.4) is 0 Å². The van der Waals surface area contributed by atoms with Crippen molar-refractivity contribution in [1.29, 1.82) is 0 Å². The molecule has 0 radical (unpaired) electrons. The van der Waals surface area contributed by atoms with E-state index in [1.807, 2.05) is 61.5 Å². The molecule has 2 heterocycles. The van der Waals surface area contributed by atoms with Gasteiger partial charge in [-0.3, -0.25) is 19.3 Å². The molecule has 2 aromatic rings. The highest BCUT2D eigenvalue weighted by Gasteiger charge is 2.44. The van der Waals surface area contributed by atoms with E-state index in [1.165, 1.54) is 9.80 Å². The van der Waals surface area contributed by atoms with E-state index in [4.69, 9.17) is 0 Å². The molecule has 0 aromatic heterocycles. The third-order valence-electron chi connectivity index (χ3n) is 5.99. The van der Waals surface area contributed by atoms with Gasteiger partial charge in [-0.15, -0.1) is 0 Å². The fourth-order valence-electron chi connectivity index (χ4n) is 4.31. The molecule has 2 saturated heterocycles. The number of amides is 2. The van der Waals surface area contributed by atoms with Crippen molar-refractivity contribution in [3.05, 3.63) is 65.7 Å². The number of ketones is 1. The zero-order valence-corrected chi connectivity index (χ0v) is 16.6. The predicted molar refractivity (Wildman–Crippen MR) is 110 cm³/mol. The summed E-state index contributed by atoms with van der Waals surface area (Å²) in [5.74, 6) is -0.0443. The molecule has 6 heteroatoms. The van der Waals surface area contributed by atoms with Crippen molar-refractivity contribution < 1.29 is 19.3 Å². The van der Waals surface area contributed by atoms with Crippen molar-refractivity contribution in [3.63, 3.8) is 0 Å². The normalized spacial score (nSPS) is 20.4. The standard InChI is InChI=1S/C23H25N3O3/c1-2-26-21(27)16-20(23(26)29)25-14-12-24(13-15-25)19-10-8-18(9-11-19)22(28)17-6-4-3-5-7-17/h3-11,20H,2,12-16H2,1H3/p+1/t20-/m0/s1. The summed E-state index contributed by atoms with van der Waals surface area (Å²) < 4.78 is 0. The predicted octanol–water partition coefficient (Wildman–Crippen LogP) is 0.770. The SMILES string of the molecule is CCN1C(=O)C[C@H]([NH+]2CCN(c3ccc(C(=O)c4ccccc4)cc3)CC2)C1=O. The van der Waals surface area contributed by atoms with Crippen molar-refractivity contribution in [1.82, 2.24) is 4.90 Å². The van der Waals surface area contributed by atoms with Crippen LogP contribution in [-0.2, 0) is 9.59 Å². The van der Waals surface area contributed by atoms with Crippen LogP contribution in [-0.4, -0.2) is 61.3 Å². The quantitative estimate of drug-likeness (QED) is 0.603. The maximum atomic E-state index is 12.6. The summed E-state index contributed by atoms with van der Waals surface area (Å²) in [5, 5.41) is 0. The Bertz CT molecular complexity index is 903. The van der Waals surface area contributed by atoms with E-state index in [2.05, 4.69) is 4.90 Å². The van der Waals surface area contributed by atoms with Crippen molar-refractivity contribution in [2.45, 2.75) is 19.4 Å². The van der Waals surface area contributed by atoms with E-state index in [0.29, 0.717) is 24.1 Å². The number of hydrogen-bond acceptors (Lipinski definition) is 4. The minimum Gasteiger partial charge on any atom is -0.360 e. The molecule has 6 nitrogen and oxygen atoms in total. The Morgan fingerprint density at radius 2 is 1.59 bits per heavy atom. The summed E-state index contributed by atoms with van der Waals surface area (Å²) in [6, 6.07) is 16.8. The molecule has 2 aliphatic heterocycles. The fraction of sp³-hybridized carbons (Fsp3) is 0.348. The lowest BCUT2D eigenvalue weighted by molar-refractivity contribution is -0.915. The summed E-state index contributed by atoms with van der Waals surface area (Å²) in [7, 11) is 0. The van der Waals surface area contributed by atoms with Crippen LogP contribution in [0.1, 0.15) is 29.3 Å². The average Bonchev–Trinajstić information content (AvgIpc) is 3.07. The second kappa shape index (κ2) is 8.17. The molecule has 0 saturated carbocycles. The average molecular weight is 392 g/mol. The molecule has 2 aromatic carbocycles. The van der Waals surface area contributed by atoms with Gasteiger partial charge in [0.2, 0.25) is 5.91 Å². The Labute approximate surface area is 170 Å². The minimum absolute atomic E-state index is 0.0234. The lowest BCUT2D eigenvalue weighted by Gasteiger charge is -2.35. The molecule has 29 heavy (non-hydrogen) atoms. The third kappa shape index (κ3) is 3.80. The molecule has 0 bridgehead atoms. The van der Waals surface area contributed by atoms with Gasteiger partial charge in [-0.2, -0.15) is 0 Å². The number of carbonyl (C=O) groups excluding carboxylic acids is 3. The van der Waals surface area contributed by atoms with Crippen molar-refractivity contribution >= 4 is 23.3 Å². The molecule has 2 aliphatic rings. The van der Waals surface area contributed by atoms with Gasteiger partial charge in [-0.25, -0.2) is 0 Å². The number of quaternary nitrogens is 1.